The summed E-state index contributed by atoms with van der Waals surface area (Å²) < 4.78 is 2.03. The lowest BCUT2D eigenvalue weighted by Gasteiger charge is -2.14. The summed E-state index contributed by atoms with van der Waals surface area (Å²) in [6.45, 7) is 3.96. The van der Waals surface area contributed by atoms with E-state index in [0.29, 0.717) is 17.8 Å². The third kappa shape index (κ3) is 4.57. The van der Waals surface area contributed by atoms with Crippen molar-refractivity contribution in [1.29, 1.82) is 5.41 Å². The first-order valence-corrected chi connectivity index (χ1v) is 10.7. The van der Waals surface area contributed by atoms with Crippen LogP contribution < -0.4 is 0 Å². The minimum atomic E-state index is -0.544. The number of aryl methyl sites for hydroxylation is 1. The number of hydrogen-bond acceptors (Lipinski definition) is 4. The molecule has 2 aromatic heterocycles. The third-order valence-corrected chi connectivity index (χ3v) is 5.60. The van der Waals surface area contributed by atoms with Crippen molar-refractivity contribution >= 4 is 17.5 Å². The molecule has 31 heavy (non-hydrogen) atoms. The number of aromatic nitrogens is 2. The monoisotopic (exact) mass is 412 g/mol. The predicted octanol–water partition coefficient (Wildman–Crippen LogP) is 5.14. The van der Waals surface area contributed by atoms with Crippen molar-refractivity contribution < 1.29 is 5.11 Å². The first kappa shape index (κ1) is 20.9. The second-order valence-corrected chi connectivity index (χ2v) is 8.12. The summed E-state index contributed by atoms with van der Waals surface area (Å²) in [6, 6.07) is 14.5. The minimum absolute atomic E-state index is 0.125. The molecule has 1 aromatic carbocycles. The van der Waals surface area contributed by atoms with E-state index >= 15 is 0 Å². The van der Waals surface area contributed by atoms with Gasteiger partial charge in [0.2, 0.25) is 0 Å². The van der Waals surface area contributed by atoms with Crippen LogP contribution in [0.25, 0.3) is 28.0 Å². The molecule has 5 heteroatoms. The summed E-state index contributed by atoms with van der Waals surface area (Å²) in [5, 5.41) is 18.8. The zero-order valence-corrected chi connectivity index (χ0v) is 18.2. The molecular formula is C26H28N4O. The van der Waals surface area contributed by atoms with Crippen LogP contribution in [0, 0.1) is 5.41 Å². The fraction of sp³-hybridized carbons (Fsp3) is 0.269. The number of hydrogen-bond donors (Lipinski definition) is 2. The van der Waals surface area contributed by atoms with Crippen LogP contribution in [0.5, 0.6) is 0 Å². The van der Waals surface area contributed by atoms with Crippen LogP contribution in [0.2, 0.25) is 0 Å². The SMILES string of the molecule is CC[C@@H](O)CC(=N)c1nc(-c2cccc(-c3ccn(C)c3)c2)ccc1C1=CC(C)N=C1. The average Bonchev–Trinajstić information content (AvgIpc) is 3.41. The molecule has 0 radical (unpaired) electrons. The van der Waals surface area contributed by atoms with Gasteiger partial charge in [0.1, 0.15) is 0 Å². The van der Waals surface area contributed by atoms with Crippen LogP contribution in [0.15, 0.2) is 65.9 Å². The smallest absolute Gasteiger partial charge is 0.0924 e. The number of rotatable bonds is 7. The van der Waals surface area contributed by atoms with Crippen molar-refractivity contribution in [2.75, 3.05) is 0 Å². The highest BCUT2D eigenvalue weighted by Crippen LogP contribution is 2.29. The van der Waals surface area contributed by atoms with E-state index in [0.717, 1.165) is 33.5 Å². The van der Waals surface area contributed by atoms with Crippen LogP contribution in [0.3, 0.4) is 0 Å². The lowest BCUT2D eigenvalue weighted by atomic mass is 9.96. The Hall–Kier alpha value is -3.31. The molecule has 1 unspecified atom stereocenters. The highest BCUT2D eigenvalue weighted by Gasteiger charge is 2.19. The standard InChI is InChI=1S/C26H28N4O/c1-4-22(31)14-24(27)26-23(21-12-17(2)28-15-21)8-9-25(29-26)19-7-5-6-18(13-19)20-10-11-30(3)16-20/h5-13,15-17,22,27,31H,4,14H2,1-3H3/t17?,22-/m1/s1. The quantitative estimate of drug-likeness (QED) is 0.527. The van der Waals surface area contributed by atoms with Crippen molar-refractivity contribution in [3.8, 4) is 22.4 Å². The number of benzene rings is 1. The Morgan fingerprint density at radius 2 is 1.97 bits per heavy atom. The van der Waals surface area contributed by atoms with Crippen molar-refractivity contribution in [3.05, 3.63) is 72.2 Å². The summed E-state index contributed by atoms with van der Waals surface area (Å²) in [4.78, 5) is 9.33. The number of pyridine rings is 1. The average molecular weight is 413 g/mol. The number of aliphatic hydroxyl groups excluding tert-OH is 1. The lowest BCUT2D eigenvalue weighted by molar-refractivity contribution is 0.178. The summed E-state index contributed by atoms with van der Waals surface area (Å²) >= 11 is 0. The molecule has 2 N–H and O–H groups in total. The summed E-state index contributed by atoms with van der Waals surface area (Å²) in [6.07, 6.45) is 8.41. The normalized spacial score (nSPS) is 16.4. The van der Waals surface area contributed by atoms with E-state index in [9.17, 15) is 5.11 Å². The van der Waals surface area contributed by atoms with E-state index < -0.39 is 6.10 Å². The van der Waals surface area contributed by atoms with Crippen LogP contribution in [0.4, 0.5) is 0 Å². The molecule has 0 bridgehead atoms. The van der Waals surface area contributed by atoms with Gasteiger partial charge in [-0.05, 0) is 54.3 Å². The van der Waals surface area contributed by atoms with Gasteiger partial charge in [0.15, 0.2) is 0 Å². The molecule has 3 heterocycles. The Bertz CT molecular complexity index is 1170. The van der Waals surface area contributed by atoms with Gasteiger partial charge in [-0.2, -0.15) is 0 Å². The van der Waals surface area contributed by atoms with Gasteiger partial charge in [-0.3, -0.25) is 4.99 Å². The summed E-state index contributed by atoms with van der Waals surface area (Å²) in [7, 11) is 2.01. The van der Waals surface area contributed by atoms with E-state index in [1.54, 1.807) is 0 Å². The van der Waals surface area contributed by atoms with Crippen molar-refractivity contribution in [2.24, 2.45) is 12.0 Å². The fourth-order valence-electron chi connectivity index (χ4n) is 3.79. The van der Waals surface area contributed by atoms with E-state index in [1.165, 1.54) is 0 Å². The number of nitrogens with zero attached hydrogens (tertiary/aromatic N) is 3. The number of aliphatic imine (C=N–C) groups is 1. The molecule has 0 fully saturated rings. The van der Waals surface area contributed by atoms with Crippen molar-refractivity contribution in [3.63, 3.8) is 0 Å². The Balaban J connectivity index is 1.76. The predicted molar refractivity (Wildman–Crippen MR) is 128 cm³/mol. The van der Waals surface area contributed by atoms with Crippen molar-refractivity contribution in [1.82, 2.24) is 9.55 Å². The van der Waals surface area contributed by atoms with Gasteiger partial charge in [-0.1, -0.05) is 31.2 Å². The molecule has 5 nitrogen and oxygen atoms in total. The summed E-state index contributed by atoms with van der Waals surface area (Å²) in [5.41, 5.74) is 6.93. The highest BCUT2D eigenvalue weighted by atomic mass is 16.3. The van der Waals surface area contributed by atoms with E-state index in [-0.39, 0.29) is 12.5 Å². The van der Waals surface area contributed by atoms with Gasteiger partial charge in [0.25, 0.3) is 0 Å². The van der Waals surface area contributed by atoms with Crippen LogP contribution in [0.1, 0.15) is 37.9 Å². The second kappa shape index (κ2) is 8.82. The largest absolute Gasteiger partial charge is 0.393 e. The Morgan fingerprint density at radius 1 is 1.16 bits per heavy atom. The topological polar surface area (TPSA) is 74.3 Å². The zero-order chi connectivity index (χ0) is 22.0. The molecule has 3 aromatic rings. The maximum Gasteiger partial charge on any atom is 0.0924 e. The van der Waals surface area contributed by atoms with Crippen LogP contribution in [-0.4, -0.2) is 38.7 Å². The van der Waals surface area contributed by atoms with Crippen LogP contribution >= 0.6 is 0 Å². The van der Waals surface area contributed by atoms with Gasteiger partial charge in [0, 0.05) is 43.2 Å². The summed E-state index contributed by atoms with van der Waals surface area (Å²) in [5.74, 6) is 0. The lowest BCUT2D eigenvalue weighted by Crippen LogP contribution is -2.15. The van der Waals surface area contributed by atoms with Gasteiger partial charge < -0.3 is 15.1 Å². The van der Waals surface area contributed by atoms with Crippen molar-refractivity contribution in [2.45, 2.75) is 38.8 Å². The maximum absolute atomic E-state index is 10.1. The first-order valence-electron chi connectivity index (χ1n) is 10.7. The molecule has 1 aliphatic heterocycles. The number of nitrogens with one attached hydrogen (secondary N) is 1. The van der Waals surface area contributed by atoms with Gasteiger partial charge in [-0.25, -0.2) is 4.98 Å². The molecule has 1 aliphatic rings. The Labute approximate surface area is 183 Å². The second-order valence-electron chi connectivity index (χ2n) is 8.12. The molecule has 158 valence electrons. The molecule has 2 atom stereocenters. The molecule has 0 amide bonds. The maximum atomic E-state index is 10.1. The van der Waals surface area contributed by atoms with Gasteiger partial charge in [0.05, 0.1) is 29.2 Å². The molecule has 0 saturated heterocycles. The van der Waals surface area contributed by atoms with E-state index in [4.69, 9.17) is 10.4 Å². The zero-order valence-electron chi connectivity index (χ0n) is 18.2. The number of aliphatic hydroxyl groups is 1. The molecule has 0 spiro atoms. The minimum Gasteiger partial charge on any atom is -0.393 e. The Morgan fingerprint density at radius 3 is 2.65 bits per heavy atom. The molecule has 4 rings (SSSR count). The molecule has 0 aliphatic carbocycles. The first-order chi connectivity index (χ1) is 14.9. The van der Waals surface area contributed by atoms with E-state index in [1.807, 2.05) is 62.1 Å². The molecule has 0 saturated carbocycles. The Kier molecular flexibility index (Phi) is 5.96. The van der Waals surface area contributed by atoms with Gasteiger partial charge in [-0.15, -0.1) is 0 Å². The number of allylic oxidation sites excluding steroid dienone is 1. The van der Waals surface area contributed by atoms with Crippen LogP contribution in [-0.2, 0) is 7.05 Å². The van der Waals surface area contributed by atoms with E-state index in [2.05, 4.69) is 35.5 Å². The third-order valence-electron chi connectivity index (χ3n) is 5.60. The fourth-order valence-corrected chi connectivity index (χ4v) is 3.79. The molecular weight excluding hydrogens is 384 g/mol. The highest BCUT2D eigenvalue weighted by molar-refractivity contribution is 6.16. The van der Waals surface area contributed by atoms with Gasteiger partial charge >= 0.3 is 0 Å².